The van der Waals surface area contributed by atoms with Gasteiger partial charge in [0, 0.05) is 24.6 Å². The molecule has 3 heterocycles. The van der Waals surface area contributed by atoms with Crippen molar-refractivity contribution in [2.75, 3.05) is 13.1 Å². The molecule has 1 amide bonds. The summed E-state index contributed by atoms with van der Waals surface area (Å²) in [4.78, 5) is 14.6. The van der Waals surface area contributed by atoms with E-state index in [1.807, 2.05) is 30.0 Å². The van der Waals surface area contributed by atoms with Crippen molar-refractivity contribution in [2.24, 2.45) is 0 Å². The van der Waals surface area contributed by atoms with Crippen LogP contribution in [0.25, 0.3) is 11.5 Å². The number of nitrogens with zero attached hydrogens (tertiary/aromatic N) is 3. The lowest BCUT2D eigenvalue weighted by Crippen LogP contribution is -2.38. The second-order valence-corrected chi connectivity index (χ2v) is 6.82. The van der Waals surface area contributed by atoms with Crippen molar-refractivity contribution in [1.82, 2.24) is 15.1 Å². The van der Waals surface area contributed by atoms with Crippen LogP contribution < -0.4 is 0 Å². The second kappa shape index (κ2) is 6.78. The molecule has 0 N–H and O–H groups in total. The Labute approximate surface area is 151 Å². The summed E-state index contributed by atoms with van der Waals surface area (Å²) in [5.41, 5.74) is 3.88. The van der Waals surface area contributed by atoms with Gasteiger partial charge in [0.25, 0.3) is 11.8 Å². The molecule has 6 heteroatoms. The van der Waals surface area contributed by atoms with Crippen LogP contribution in [-0.4, -0.2) is 34.1 Å². The zero-order valence-electron chi connectivity index (χ0n) is 14.9. The van der Waals surface area contributed by atoms with Gasteiger partial charge < -0.3 is 13.7 Å². The van der Waals surface area contributed by atoms with E-state index in [1.165, 1.54) is 5.56 Å². The number of aromatic nitrogens is 2. The van der Waals surface area contributed by atoms with E-state index in [0.29, 0.717) is 24.9 Å². The van der Waals surface area contributed by atoms with Gasteiger partial charge in [-0.25, -0.2) is 0 Å². The molecule has 26 heavy (non-hydrogen) atoms. The van der Waals surface area contributed by atoms with Crippen LogP contribution in [0.3, 0.4) is 0 Å². The maximum Gasteiger partial charge on any atom is 0.253 e. The quantitative estimate of drug-likeness (QED) is 0.714. The molecular weight excluding hydrogens is 330 g/mol. The van der Waals surface area contributed by atoms with Gasteiger partial charge in [-0.15, -0.1) is 10.2 Å². The van der Waals surface area contributed by atoms with Gasteiger partial charge in [0.05, 0.1) is 11.8 Å². The third kappa shape index (κ3) is 3.14. The highest BCUT2D eigenvalue weighted by Gasteiger charge is 2.28. The lowest BCUT2D eigenvalue weighted by Gasteiger charge is -2.30. The van der Waals surface area contributed by atoms with E-state index in [2.05, 4.69) is 17.1 Å². The maximum absolute atomic E-state index is 12.7. The molecule has 0 aliphatic carbocycles. The van der Waals surface area contributed by atoms with Gasteiger partial charge in [0.15, 0.2) is 0 Å². The number of hydrogen-bond acceptors (Lipinski definition) is 5. The highest BCUT2D eigenvalue weighted by molar-refractivity contribution is 5.94. The number of carbonyl (C=O) groups is 1. The minimum absolute atomic E-state index is 0.0937. The molecule has 134 valence electrons. The first-order valence-corrected chi connectivity index (χ1v) is 8.84. The number of piperidine rings is 1. The van der Waals surface area contributed by atoms with Gasteiger partial charge in [-0.2, -0.15) is 0 Å². The Morgan fingerprint density at radius 3 is 2.62 bits per heavy atom. The predicted molar refractivity (Wildman–Crippen MR) is 95.8 cm³/mol. The van der Waals surface area contributed by atoms with Crippen LogP contribution in [0, 0.1) is 13.8 Å². The highest BCUT2D eigenvalue weighted by Crippen LogP contribution is 2.30. The first kappa shape index (κ1) is 16.6. The summed E-state index contributed by atoms with van der Waals surface area (Å²) in [6, 6.07) is 7.68. The number of aryl methyl sites for hydroxylation is 2. The van der Waals surface area contributed by atoms with Crippen molar-refractivity contribution < 1.29 is 13.6 Å². The summed E-state index contributed by atoms with van der Waals surface area (Å²) in [7, 11) is 0. The van der Waals surface area contributed by atoms with Crippen molar-refractivity contribution in [3.8, 4) is 11.5 Å². The molecule has 4 rings (SSSR count). The molecule has 1 saturated heterocycles. The first-order valence-electron chi connectivity index (χ1n) is 8.84. The zero-order chi connectivity index (χ0) is 18.1. The zero-order valence-corrected chi connectivity index (χ0v) is 14.9. The van der Waals surface area contributed by atoms with Crippen LogP contribution in [0.4, 0.5) is 0 Å². The van der Waals surface area contributed by atoms with Crippen LogP contribution in [-0.2, 0) is 0 Å². The number of benzene rings is 1. The van der Waals surface area contributed by atoms with E-state index in [0.717, 1.165) is 29.5 Å². The van der Waals surface area contributed by atoms with E-state index in [1.54, 1.807) is 18.6 Å². The molecular formula is C20H21N3O3. The maximum atomic E-state index is 12.7. The molecule has 1 aliphatic rings. The summed E-state index contributed by atoms with van der Waals surface area (Å²) in [5.74, 6) is 1.39. The number of rotatable bonds is 3. The van der Waals surface area contributed by atoms with Crippen LogP contribution in [0.5, 0.6) is 0 Å². The van der Waals surface area contributed by atoms with Gasteiger partial charge in [-0.05, 0) is 56.0 Å². The van der Waals surface area contributed by atoms with E-state index >= 15 is 0 Å². The SMILES string of the molecule is Cc1ccc(C(=O)N2CCC(c3nnc(-c4ccoc4)o3)CC2)cc1C. The van der Waals surface area contributed by atoms with Crippen molar-refractivity contribution >= 4 is 5.91 Å². The number of carbonyl (C=O) groups excluding carboxylic acids is 1. The molecule has 0 bridgehead atoms. The number of hydrogen-bond donors (Lipinski definition) is 0. The first-order chi connectivity index (χ1) is 12.6. The van der Waals surface area contributed by atoms with E-state index in [-0.39, 0.29) is 11.8 Å². The van der Waals surface area contributed by atoms with Gasteiger partial charge in [-0.1, -0.05) is 6.07 Å². The van der Waals surface area contributed by atoms with Crippen molar-refractivity contribution in [2.45, 2.75) is 32.6 Å². The smallest absolute Gasteiger partial charge is 0.253 e. The van der Waals surface area contributed by atoms with Crippen molar-refractivity contribution in [3.63, 3.8) is 0 Å². The molecule has 0 unspecified atom stereocenters. The van der Waals surface area contributed by atoms with Gasteiger partial charge >= 0.3 is 0 Å². The van der Waals surface area contributed by atoms with Gasteiger partial charge in [-0.3, -0.25) is 4.79 Å². The topological polar surface area (TPSA) is 72.4 Å². The molecule has 2 aromatic heterocycles. The lowest BCUT2D eigenvalue weighted by molar-refractivity contribution is 0.0706. The van der Waals surface area contributed by atoms with Gasteiger partial charge in [0.2, 0.25) is 5.89 Å². The second-order valence-electron chi connectivity index (χ2n) is 6.82. The summed E-state index contributed by atoms with van der Waals surface area (Å²) < 4.78 is 10.8. The average Bonchev–Trinajstić information content (AvgIpc) is 3.35. The van der Waals surface area contributed by atoms with Crippen LogP contribution >= 0.6 is 0 Å². The normalized spacial score (nSPS) is 15.4. The number of amides is 1. The van der Waals surface area contributed by atoms with Crippen molar-refractivity contribution in [1.29, 1.82) is 0 Å². The standard InChI is InChI=1S/C20H21N3O3/c1-13-3-4-16(11-14(13)2)20(24)23-8-5-15(6-9-23)18-21-22-19(26-18)17-7-10-25-12-17/h3-4,7,10-12,15H,5-6,8-9H2,1-2H3. The fraction of sp³-hybridized carbons (Fsp3) is 0.350. The summed E-state index contributed by atoms with van der Waals surface area (Å²) in [5, 5.41) is 8.28. The molecule has 3 aromatic rings. The molecule has 6 nitrogen and oxygen atoms in total. The largest absolute Gasteiger partial charge is 0.472 e. The molecule has 0 spiro atoms. The fourth-order valence-electron chi connectivity index (χ4n) is 3.29. The number of likely N-dealkylation sites (tertiary alicyclic amines) is 1. The highest BCUT2D eigenvalue weighted by atomic mass is 16.4. The Balaban J connectivity index is 1.41. The van der Waals surface area contributed by atoms with E-state index in [4.69, 9.17) is 8.83 Å². The van der Waals surface area contributed by atoms with Crippen molar-refractivity contribution in [3.05, 3.63) is 59.4 Å². The Hall–Kier alpha value is -2.89. The van der Waals surface area contributed by atoms with E-state index < -0.39 is 0 Å². The summed E-state index contributed by atoms with van der Waals surface area (Å²) in [6.45, 7) is 5.47. The Kier molecular flexibility index (Phi) is 4.32. The monoisotopic (exact) mass is 351 g/mol. The number of furan rings is 1. The molecule has 0 saturated carbocycles. The molecule has 0 radical (unpaired) electrons. The molecule has 1 aliphatic heterocycles. The summed E-state index contributed by atoms with van der Waals surface area (Å²) in [6.07, 6.45) is 4.81. The Bertz CT molecular complexity index is 906. The lowest BCUT2D eigenvalue weighted by atomic mass is 9.96. The third-order valence-electron chi connectivity index (χ3n) is 5.09. The van der Waals surface area contributed by atoms with Crippen LogP contribution in [0.1, 0.15) is 46.1 Å². The van der Waals surface area contributed by atoms with Crippen LogP contribution in [0.15, 0.2) is 45.6 Å². The minimum atomic E-state index is 0.0937. The van der Waals surface area contributed by atoms with E-state index in [9.17, 15) is 4.79 Å². The average molecular weight is 351 g/mol. The molecule has 1 aromatic carbocycles. The molecule has 1 fully saturated rings. The van der Waals surface area contributed by atoms with Gasteiger partial charge in [0.1, 0.15) is 6.26 Å². The van der Waals surface area contributed by atoms with Crippen LogP contribution in [0.2, 0.25) is 0 Å². The fourth-order valence-corrected chi connectivity index (χ4v) is 3.29. The third-order valence-corrected chi connectivity index (χ3v) is 5.09. The summed E-state index contributed by atoms with van der Waals surface area (Å²) >= 11 is 0. The molecule has 0 atom stereocenters. The predicted octanol–water partition coefficient (Wildman–Crippen LogP) is 3.97. The Morgan fingerprint density at radius 2 is 1.92 bits per heavy atom. The minimum Gasteiger partial charge on any atom is -0.472 e. The Morgan fingerprint density at radius 1 is 1.12 bits per heavy atom.